The molecule has 0 heterocycles. The molecule has 0 saturated heterocycles. The van der Waals surface area contributed by atoms with Crippen LogP contribution in [-0.4, -0.2) is 5.11 Å². The van der Waals surface area contributed by atoms with Gasteiger partial charge in [-0.15, -0.1) is 0 Å². The molecule has 0 spiro atoms. The smallest absolute Gasteiger partial charge is 0.119 e. The van der Waals surface area contributed by atoms with Crippen molar-refractivity contribution >= 4 is 0 Å². The van der Waals surface area contributed by atoms with Crippen LogP contribution in [0.4, 0.5) is 0 Å². The van der Waals surface area contributed by atoms with Crippen LogP contribution in [0, 0.1) is 0 Å². The molecule has 0 bridgehead atoms. The maximum Gasteiger partial charge on any atom is 0.119 e. The summed E-state index contributed by atoms with van der Waals surface area (Å²) in [5.74, 6) is 0.547. The minimum Gasteiger partial charge on any atom is -0.508 e. The Bertz CT molecular complexity index is 732. The number of rotatable bonds is 4. The van der Waals surface area contributed by atoms with E-state index in [1.165, 1.54) is 16.7 Å². The molecule has 1 heteroatoms. The van der Waals surface area contributed by atoms with Gasteiger partial charge in [0, 0.05) is 11.5 Å². The maximum absolute atomic E-state index is 10.4. The van der Waals surface area contributed by atoms with Crippen LogP contribution < -0.4 is 0 Å². The average Bonchev–Trinajstić information content (AvgIpc) is 2.56. The summed E-state index contributed by atoms with van der Waals surface area (Å²) in [4.78, 5) is 0. The van der Waals surface area contributed by atoms with E-state index in [2.05, 4.69) is 49.4 Å². The van der Waals surface area contributed by atoms with Crippen molar-refractivity contribution in [2.24, 2.45) is 0 Å². The van der Waals surface area contributed by atoms with Crippen molar-refractivity contribution in [2.45, 2.75) is 19.3 Å². The lowest BCUT2D eigenvalue weighted by Crippen LogP contribution is -2.02. The van der Waals surface area contributed by atoms with Gasteiger partial charge in [0.15, 0.2) is 0 Å². The summed E-state index contributed by atoms with van der Waals surface area (Å²) in [5.41, 5.74) is 4.69. The van der Waals surface area contributed by atoms with E-state index in [-0.39, 0.29) is 5.92 Å². The van der Waals surface area contributed by atoms with Gasteiger partial charge in [0.1, 0.15) is 5.75 Å². The standard InChI is InChI=1S/C21H20O/c1-16(18-11-6-3-7-12-18)21-19(13-8-14-20(21)22)15-17-9-4-2-5-10-17/h2-14,16,22H,15H2,1H3. The van der Waals surface area contributed by atoms with Crippen LogP contribution in [0.2, 0.25) is 0 Å². The van der Waals surface area contributed by atoms with Crippen LogP contribution in [0.25, 0.3) is 0 Å². The summed E-state index contributed by atoms with van der Waals surface area (Å²) in [6.07, 6.45) is 0.835. The quantitative estimate of drug-likeness (QED) is 0.705. The van der Waals surface area contributed by atoms with Crippen LogP contribution in [-0.2, 0) is 6.42 Å². The summed E-state index contributed by atoms with van der Waals surface area (Å²) in [6, 6.07) is 26.5. The Morgan fingerprint density at radius 2 is 1.41 bits per heavy atom. The topological polar surface area (TPSA) is 20.2 Å². The molecular formula is C21H20O. The molecule has 0 amide bonds. The van der Waals surface area contributed by atoms with E-state index in [4.69, 9.17) is 0 Å². The predicted molar refractivity (Wildman–Crippen MR) is 91.3 cm³/mol. The van der Waals surface area contributed by atoms with Gasteiger partial charge in [0.25, 0.3) is 0 Å². The Hall–Kier alpha value is -2.54. The molecule has 0 radical (unpaired) electrons. The number of phenols is 1. The molecule has 3 aromatic rings. The lowest BCUT2D eigenvalue weighted by atomic mass is 9.87. The molecule has 0 aromatic heterocycles. The first-order valence-electron chi connectivity index (χ1n) is 7.65. The maximum atomic E-state index is 10.4. The molecule has 3 rings (SSSR count). The second-order valence-electron chi connectivity index (χ2n) is 5.64. The summed E-state index contributed by atoms with van der Waals surface area (Å²) < 4.78 is 0. The van der Waals surface area contributed by atoms with Gasteiger partial charge in [-0.25, -0.2) is 0 Å². The Labute approximate surface area is 131 Å². The predicted octanol–water partition coefficient (Wildman–Crippen LogP) is 5.13. The average molecular weight is 288 g/mol. The van der Waals surface area contributed by atoms with Gasteiger partial charge in [-0.1, -0.05) is 79.7 Å². The minimum atomic E-state index is 0.168. The lowest BCUT2D eigenvalue weighted by molar-refractivity contribution is 0.465. The zero-order chi connectivity index (χ0) is 15.4. The molecule has 0 aliphatic rings. The molecule has 1 atom stereocenters. The van der Waals surface area contributed by atoms with Crippen molar-refractivity contribution < 1.29 is 5.11 Å². The first kappa shape index (κ1) is 14.4. The fraction of sp³-hybridized carbons (Fsp3) is 0.143. The van der Waals surface area contributed by atoms with Crippen LogP contribution >= 0.6 is 0 Å². The highest BCUT2D eigenvalue weighted by Gasteiger charge is 2.16. The van der Waals surface area contributed by atoms with E-state index in [1.807, 2.05) is 30.3 Å². The number of hydrogen-bond donors (Lipinski definition) is 1. The Morgan fingerprint density at radius 1 is 0.773 bits per heavy atom. The Kier molecular flexibility index (Phi) is 4.24. The van der Waals surface area contributed by atoms with Gasteiger partial charge < -0.3 is 5.11 Å². The zero-order valence-electron chi connectivity index (χ0n) is 12.7. The number of aromatic hydroxyl groups is 1. The SMILES string of the molecule is CC(c1ccccc1)c1c(O)cccc1Cc1ccccc1. The van der Waals surface area contributed by atoms with Gasteiger partial charge in [-0.3, -0.25) is 0 Å². The van der Waals surface area contributed by atoms with Crippen molar-refractivity contribution in [3.63, 3.8) is 0 Å². The van der Waals surface area contributed by atoms with Gasteiger partial charge in [0.2, 0.25) is 0 Å². The van der Waals surface area contributed by atoms with Crippen molar-refractivity contribution in [3.05, 3.63) is 101 Å². The molecule has 1 nitrogen and oxygen atoms in total. The first-order valence-corrected chi connectivity index (χ1v) is 7.65. The molecule has 1 N–H and O–H groups in total. The number of phenolic OH excluding ortho intramolecular Hbond substituents is 1. The van der Waals surface area contributed by atoms with Crippen molar-refractivity contribution in [2.75, 3.05) is 0 Å². The second-order valence-corrected chi connectivity index (χ2v) is 5.64. The molecule has 3 aromatic carbocycles. The molecule has 110 valence electrons. The van der Waals surface area contributed by atoms with Crippen molar-refractivity contribution in [1.29, 1.82) is 0 Å². The van der Waals surface area contributed by atoms with Gasteiger partial charge in [-0.05, 0) is 29.2 Å². The third-order valence-electron chi connectivity index (χ3n) is 4.14. The van der Waals surface area contributed by atoms with E-state index in [9.17, 15) is 5.11 Å². The van der Waals surface area contributed by atoms with E-state index in [1.54, 1.807) is 6.07 Å². The van der Waals surface area contributed by atoms with Crippen molar-refractivity contribution in [3.8, 4) is 5.75 Å². The third kappa shape index (κ3) is 3.04. The van der Waals surface area contributed by atoms with Crippen LogP contribution in [0.1, 0.15) is 35.1 Å². The molecular weight excluding hydrogens is 268 g/mol. The molecule has 0 aliphatic carbocycles. The number of benzene rings is 3. The van der Waals surface area contributed by atoms with Gasteiger partial charge in [0.05, 0.1) is 0 Å². The fourth-order valence-corrected chi connectivity index (χ4v) is 2.98. The van der Waals surface area contributed by atoms with Crippen LogP contribution in [0.3, 0.4) is 0 Å². The van der Waals surface area contributed by atoms with Gasteiger partial charge >= 0.3 is 0 Å². The highest BCUT2D eigenvalue weighted by atomic mass is 16.3. The Balaban J connectivity index is 2.00. The van der Waals surface area contributed by atoms with Crippen LogP contribution in [0.15, 0.2) is 78.9 Å². The highest BCUT2D eigenvalue weighted by Crippen LogP contribution is 2.34. The highest BCUT2D eigenvalue weighted by molar-refractivity contribution is 5.47. The minimum absolute atomic E-state index is 0.168. The Morgan fingerprint density at radius 3 is 2.09 bits per heavy atom. The summed E-state index contributed by atoms with van der Waals surface area (Å²) >= 11 is 0. The molecule has 0 saturated carbocycles. The summed E-state index contributed by atoms with van der Waals surface area (Å²) in [7, 11) is 0. The normalized spacial score (nSPS) is 12.0. The monoisotopic (exact) mass is 288 g/mol. The van der Waals surface area contributed by atoms with E-state index < -0.39 is 0 Å². The van der Waals surface area contributed by atoms with Gasteiger partial charge in [-0.2, -0.15) is 0 Å². The number of hydrogen-bond acceptors (Lipinski definition) is 1. The molecule has 22 heavy (non-hydrogen) atoms. The zero-order valence-corrected chi connectivity index (χ0v) is 12.7. The summed E-state index contributed by atoms with van der Waals surface area (Å²) in [5, 5.41) is 10.4. The molecule has 0 aliphatic heterocycles. The van der Waals surface area contributed by atoms with E-state index >= 15 is 0 Å². The summed E-state index contributed by atoms with van der Waals surface area (Å²) in [6.45, 7) is 2.15. The fourth-order valence-electron chi connectivity index (χ4n) is 2.98. The lowest BCUT2D eigenvalue weighted by Gasteiger charge is -2.18. The van der Waals surface area contributed by atoms with Crippen LogP contribution in [0.5, 0.6) is 5.75 Å². The largest absolute Gasteiger partial charge is 0.508 e. The van der Waals surface area contributed by atoms with E-state index in [0.717, 1.165) is 12.0 Å². The molecule has 0 fully saturated rings. The molecule has 1 unspecified atom stereocenters. The van der Waals surface area contributed by atoms with Crippen molar-refractivity contribution in [1.82, 2.24) is 0 Å². The van der Waals surface area contributed by atoms with E-state index in [0.29, 0.717) is 5.75 Å². The second kappa shape index (κ2) is 6.48. The first-order chi connectivity index (χ1) is 10.8. The third-order valence-corrected chi connectivity index (χ3v) is 4.14.